The molecule has 2 aromatic rings. The zero-order valence-electron chi connectivity index (χ0n) is 8.18. The highest BCUT2D eigenvalue weighted by Crippen LogP contribution is 2.31. The van der Waals surface area contributed by atoms with Crippen molar-refractivity contribution in [3.63, 3.8) is 0 Å². The smallest absolute Gasteiger partial charge is 0.156 e. The first-order chi connectivity index (χ1) is 7.70. The summed E-state index contributed by atoms with van der Waals surface area (Å²) in [6.45, 7) is 1.73. The molecule has 4 nitrogen and oxygen atoms in total. The van der Waals surface area contributed by atoms with Crippen LogP contribution in [0.15, 0.2) is 20.9 Å². The van der Waals surface area contributed by atoms with E-state index in [0.717, 1.165) is 4.34 Å². The Labute approximate surface area is 105 Å². The van der Waals surface area contributed by atoms with Crippen LogP contribution >= 0.6 is 34.7 Å². The van der Waals surface area contributed by atoms with Crippen LogP contribution in [0.3, 0.4) is 0 Å². The molecule has 2 rings (SSSR count). The van der Waals surface area contributed by atoms with E-state index in [2.05, 4.69) is 15.0 Å². The van der Waals surface area contributed by atoms with Gasteiger partial charge in [0.2, 0.25) is 0 Å². The van der Waals surface area contributed by atoms with Crippen molar-refractivity contribution in [3.8, 4) is 0 Å². The van der Waals surface area contributed by atoms with Gasteiger partial charge in [0, 0.05) is 11.6 Å². The Morgan fingerprint density at radius 3 is 2.94 bits per heavy atom. The normalized spacial score (nSPS) is 10.4. The summed E-state index contributed by atoms with van der Waals surface area (Å²) in [6, 6.07) is 0. The van der Waals surface area contributed by atoms with Crippen molar-refractivity contribution in [2.75, 3.05) is 0 Å². The number of hydrogen-bond acceptors (Lipinski definition) is 6. The molecule has 7 heteroatoms. The van der Waals surface area contributed by atoms with Crippen molar-refractivity contribution in [1.82, 2.24) is 15.0 Å². The fourth-order valence-electron chi connectivity index (χ4n) is 1.04. The molecule has 0 atom stereocenters. The van der Waals surface area contributed by atoms with E-state index < -0.39 is 0 Å². The molecule has 0 fully saturated rings. The maximum atomic E-state index is 10.9. The summed E-state index contributed by atoms with van der Waals surface area (Å²) in [5.74, 6) is 0.537. The molecule has 0 aliphatic heterocycles. The molecule has 0 unspecified atom stereocenters. The van der Waals surface area contributed by atoms with Crippen LogP contribution in [0.2, 0.25) is 5.15 Å². The molecule has 0 spiro atoms. The summed E-state index contributed by atoms with van der Waals surface area (Å²) in [5.41, 5.74) is 0.312. The third-order valence-corrected chi connectivity index (χ3v) is 3.86. The number of aromatic nitrogens is 3. The maximum Gasteiger partial charge on any atom is 0.156 e. The van der Waals surface area contributed by atoms with Gasteiger partial charge in [0.1, 0.15) is 16.0 Å². The van der Waals surface area contributed by atoms with Gasteiger partial charge >= 0.3 is 0 Å². The predicted molar refractivity (Wildman–Crippen MR) is 63.4 cm³/mol. The second kappa shape index (κ2) is 4.90. The molecular formula is C9H6ClN3OS2. The maximum absolute atomic E-state index is 10.9. The molecular weight excluding hydrogens is 266 g/mol. The van der Waals surface area contributed by atoms with Crippen molar-refractivity contribution in [2.45, 2.75) is 16.3 Å². The summed E-state index contributed by atoms with van der Waals surface area (Å²) in [6.07, 6.45) is 2.36. The molecule has 2 heterocycles. The minimum atomic E-state index is 0.182. The van der Waals surface area contributed by atoms with Crippen LogP contribution in [0.1, 0.15) is 16.2 Å². The quantitative estimate of drug-likeness (QED) is 0.635. The summed E-state index contributed by atoms with van der Waals surface area (Å²) < 4.78 is 0.817. The number of aryl methyl sites for hydroxylation is 1. The third-order valence-electron chi connectivity index (χ3n) is 1.69. The Hall–Kier alpha value is -0.980. The fraction of sp³-hybridized carbons (Fsp3) is 0.111. The van der Waals surface area contributed by atoms with Gasteiger partial charge in [0.15, 0.2) is 10.6 Å². The van der Waals surface area contributed by atoms with Crippen LogP contribution in [0.5, 0.6) is 0 Å². The minimum Gasteiger partial charge on any atom is -0.298 e. The number of rotatable bonds is 3. The van der Waals surface area contributed by atoms with E-state index in [1.54, 1.807) is 13.1 Å². The van der Waals surface area contributed by atoms with Crippen molar-refractivity contribution >= 4 is 41.0 Å². The standard InChI is InChI=1S/C9H6ClN3OS2/c1-5-12-7(10)6(4-14)8(13-5)16-9-11-2-3-15-9/h2-4H,1H3. The average molecular weight is 272 g/mol. The van der Waals surface area contributed by atoms with E-state index in [1.807, 2.05) is 5.38 Å². The zero-order chi connectivity index (χ0) is 11.5. The summed E-state index contributed by atoms with van der Waals surface area (Å²) in [4.78, 5) is 23.1. The number of aldehydes is 1. The van der Waals surface area contributed by atoms with Gasteiger partial charge in [-0.15, -0.1) is 11.3 Å². The second-order valence-electron chi connectivity index (χ2n) is 2.80. The van der Waals surface area contributed by atoms with Crippen LogP contribution in [0.4, 0.5) is 0 Å². The predicted octanol–water partition coefficient (Wildman–Crippen LogP) is 2.86. The lowest BCUT2D eigenvalue weighted by molar-refractivity contribution is 0.112. The average Bonchev–Trinajstić information content (AvgIpc) is 2.70. The van der Waals surface area contributed by atoms with Crippen molar-refractivity contribution < 1.29 is 4.79 Å². The van der Waals surface area contributed by atoms with Gasteiger partial charge < -0.3 is 0 Å². The Balaban J connectivity index is 2.43. The van der Waals surface area contributed by atoms with Gasteiger partial charge in [-0.05, 0) is 18.7 Å². The van der Waals surface area contributed by atoms with Crippen LogP contribution in [-0.2, 0) is 0 Å². The van der Waals surface area contributed by atoms with Crippen LogP contribution in [0.25, 0.3) is 0 Å². The van der Waals surface area contributed by atoms with Gasteiger partial charge in [-0.2, -0.15) is 0 Å². The monoisotopic (exact) mass is 271 g/mol. The molecule has 82 valence electrons. The SMILES string of the molecule is Cc1nc(Cl)c(C=O)c(Sc2nccs2)n1. The number of carbonyl (C=O) groups excluding carboxylic acids is 1. The second-order valence-corrected chi connectivity index (χ2v) is 5.29. The molecule has 2 aromatic heterocycles. The molecule has 0 radical (unpaired) electrons. The molecule has 0 aliphatic carbocycles. The Bertz CT molecular complexity index is 516. The van der Waals surface area contributed by atoms with E-state index in [1.165, 1.54) is 23.1 Å². The summed E-state index contributed by atoms with van der Waals surface area (Å²) >= 11 is 8.66. The third kappa shape index (κ3) is 2.40. The summed E-state index contributed by atoms with van der Waals surface area (Å²) in [7, 11) is 0. The highest BCUT2D eigenvalue weighted by molar-refractivity contribution is 8.01. The lowest BCUT2D eigenvalue weighted by Crippen LogP contribution is -1.97. The van der Waals surface area contributed by atoms with E-state index in [4.69, 9.17) is 11.6 Å². The number of nitrogens with zero attached hydrogens (tertiary/aromatic N) is 3. The number of carbonyl (C=O) groups is 1. The van der Waals surface area contributed by atoms with Crippen molar-refractivity contribution in [2.24, 2.45) is 0 Å². The van der Waals surface area contributed by atoms with Gasteiger partial charge in [-0.3, -0.25) is 4.79 Å². The van der Waals surface area contributed by atoms with Crippen LogP contribution < -0.4 is 0 Å². The van der Waals surface area contributed by atoms with E-state index in [0.29, 0.717) is 22.7 Å². The number of halogens is 1. The molecule has 0 bridgehead atoms. The van der Waals surface area contributed by atoms with Crippen LogP contribution in [0, 0.1) is 6.92 Å². The first-order valence-corrected chi connectivity index (χ1v) is 6.35. The van der Waals surface area contributed by atoms with Gasteiger partial charge in [-0.1, -0.05) is 11.6 Å². The topological polar surface area (TPSA) is 55.7 Å². The summed E-state index contributed by atoms with van der Waals surface area (Å²) in [5, 5.41) is 2.59. The number of thiazole rings is 1. The molecule has 0 aliphatic rings. The molecule has 0 amide bonds. The molecule has 0 aromatic carbocycles. The van der Waals surface area contributed by atoms with Crippen molar-refractivity contribution in [1.29, 1.82) is 0 Å². The number of hydrogen-bond donors (Lipinski definition) is 0. The lowest BCUT2D eigenvalue weighted by atomic mass is 10.4. The Morgan fingerprint density at radius 2 is 2.31 bits per heavy atom. The van der Waals surface area contributed by atoms with Crippen LogP contribution in [-0.4, -0.2) is 21.2 Å². The van der Waals surface area contributed by atoms with E-state index >= 15 is 0 Å². The molecule has 0 saturated carbocycles. The first-order valence-electron chi connectivity index (χ1n) is 4.27. The Kier molecular flexibility index (Phi) is 3.52. The Morgan fingerprint density at radius 1 is 1.50 bits per heavy atom. The largest absolute Gasteiger partial charge is 0.298 e. The highest BCUT2D eigenvalue weighted by Gasteiger charge is 2.13. The zero-order valence-corrected chi connectivity index (χ0v) is 10.6. The molecule has 16 heavy (non-hydrogen) atoms. The van der Waals surface area contributed by atoms with Crippen molar-refractivity contribution in [3.05, 3.63) is 28.1 Å². The minimum absolute atomic E-state index is 0.182. The van der Waals surface area contributed by atoms with E-state index in [9.17, 15) is 4.79 Å². The lowest BCUT2D eigenvalue weighted by Gasteiger charge is -2.03. The van der Waals surface area contributed by atoms with Gasteiger partial charge in [-0.25, -0.2) is 15.0 Å². The highest BCUT2D eigenvalue weighted by atomic mass is 35.5. The molecule has 0 N–H and O–H groups in total. The van der Waals surface area contributed by atoms with Gasteiger partial charge in [0.05, 0.1) is 5.56 Å². The van der Waals surface area contributed by atoms with Gasteiger partial charge in [0.25, 0.3) is 0 Å². The first kappa shape index (κ1) is 11.5. The molecule has 0 saturated heterocycles. The fourth-order valence-corrected chi connectivity index (χ4v) is 3.02. The van der Waals surface area contributed by atoms with E-state index in [-0.39, 0.29) is 5.15 Å².